The van der Waals surface area contributed by atoms with Gasteiger partial charge in [0.05, 0.1) is 0 Å². The second-order valence-electron chi connectivity index (χ2n) is 18.7. The van der Waals surface area contributed by atoms with E-state index in [9.17, 15) is 4.79 Å². The van der Waals surface area contributed by atoms with Crippen LogP contribution < -0.4 is 10.1 Å². The number of likely N-dealkylation sites (N-methyl/N-ethyl adjacent to an activating group) is 1. The Morgan fingerprint density at radius 3 is 2.33 bits per heavy atom. The molecule has 5 heteroatoms. The van der Waals surface area contributed by atoms with Crippen LogP contribution in [0, 0.1) is 51.2 Å². The van der Waals surface area contributed by atoms with Crippen molar-refractivity contribution in [3.8, 4) is 5.75 Å². The Morgan fingerprint density at radius 2 is 1.65 bits per heavy atom. The van der Waals surface area contributed by atoms with Gasteiger partial charge in [0.1, 0.15) is 5.75 Å². The van der Waals surface area contributed by atoms with Crippen LogP contribution in [0.15, 0.2) is 42.5 Å². The summed E-state index contributed by atoms with van der Waals surface area (Å²) in [5.41, 5.74) is 5.57. The Hall–Kier alpha value is -1.95. The van der Waals surface area contributed by atoms with Crippen LogP contribution in [0.5, 0.6) is 5.75 Å². The molecule has 7 rings (SSSR count). The van der Waals surface area contributed by atoms with Gasteiger partial charge in [0, 0.05) is 44.8 Å². The Bertz CT molecular complexity index is 1410. The number of nitrogens with one attached hydrogen (secondary N) is 1. The molecule has 6 aliphatic rings. The average Bonchev–Trinajstić information content (AvgIpc) is 3.43. The topological polar surface area (TPSA) is 44.8 Å². The molecule has 0 bridgehead atoms. The Balaban J connectivity index is 1.15. The van der Waals surface area contributed by atoms with Crippen LogP contribution in [-0.4, -0.2) is 68.1 Å². The van der Waals surface area contributed by atoms with Crippen LogP contribution in [0.25, 0.3) is 5.57 Å². The van der Waals surface area contributed by atoms with E-state index in [-0.39, 0.29) is 11.0 Å². The lowest BCUT2D eigenvalue weighted by Crippen LogP contribution is -2.68. The van der Waals surface area contributed by atoms with Crippen LogP contribution in [0.1, 0.15) is 105 Å². The number of nitrogens with zero attached hydrogens (tertiary/aromatic N) is 2. The summed E-state index contributed by atoms with van der Waals surface area (Å²) in [4.78, 5) is 16.0. The molecular weight excluding hydrogens is 590 g/mol. The van der Waals surface area contributed by atoms with Gasteiger partial charge in [-0.05, 0) is 146 Å². The van der Waals surface area contributed by atoms with Gasteiger partial charge >= 0.3 is 0 Å². The van der Waals surface area contributed by atoms with Crippen LogP contribution in [0.2, 0.25) is 0 Å². The molecule has 1 aromatic carbocycles. The molecule has 4 saturated carbocycles. The van der Waals surface area contributed by atoms with E-state index in [4.69, 9.17) is 4.74 Å². The number of benzene rings is 1. The molecule has 5 aliphatic carbocycles. The number of allylic oxidation sites excluding steroid dienone is 3. The van der Waals surface area contributed by atoms with E-state index < -0.39 is 0 Å². The number of hydrogen-bond acceptors (Lipinski definition) is 5. The Kier molecular flexibility index (Phi) is 8.89. The molecule has 1 N–H and O–H groups in total. The molecule has 5 fully saturated rings. The van der Waals surface area contributed by atoms with Crippen LogP contribution >= 0.6 is 0 Å². The quantitative estimate of drug-likeness (QED) is 0.225. The fourth-order valence-corrected chi connectivity index (χ4v) is 13.9. The smallest absolute Gasteiger partial charge is 0.298 e. The summed E-state index contributed by atoms with van der Waals surface area (Å²) in [5.74, 6) is 4.15. The van der Waals surface area contributed by atoms with E-state index in [1.807, 2.05) is 12.1 Å². The summed E-state index contributed by atoms with van der Waals surface area (Å²) in [6, 6.07) is 8.20. The van der Waals surface area contributed by atoms with Gasteiger partial charge in [-0.25, -0.2) is 0 Å². The van der Waals surface area contributed by atoms with Crippen molar-refractivity contribution in [2.75, 3.05) is 46.3 Å². The lowest BCUT2D eigenvalue weighted by Gasteiger charge is -2.72. The van der Waals surface area contributed by atoms with Crippen LogP contribution in [-0.2, 0) is 4.79 Å². The van der Waals surface area contributed by atoms with Gasteiger partial charge in [0.25, 0.3) is 6.47 Å². The Labute approximate surface area is 292 Å². The first kappa shape index (κ1) is 34.5. The third kappa shape index (κ3) is 5.22. The van der Waals surface area contributed by atoms with Crippen molar-refractivity contribution in [2.24, 2.45) is 51.2 Å². The predicted octanol–water partition coefficient (Wildman–Crippen LogP) is 8.46. The van der Waals surface area contributed by atoms with Crippen molar-refractivity contribution < 1.29 is 9.53 Å². The molecule has 0 aromatic heterocycles. The number of hydrogen-bond donors (Lipinski definition) is 1. The molecule has 1 saturated heterocycles. The highest BCUT2D eigenvalue weighted by molar-refractivity contribution is 5.72. The third-order valence-electron chi connectivity index (χ3n) is 16.5. The monoisotopic (exact) mass is 656 g/mol. The summed E-state index contributed by atoms with van der Waals surface area (Å²) in [6.45, 7) is 27.9. The molecule has 1 aliphatic heterocycles. The molecular formula is C43H65N3O2. The van der Waals surface area contributed by atoms with Gasteiger partial charge < -0.3 is 15.0 Å². The minimum Gasteiger partial charge on any atom is -0.429 e. The summed E-state index contributed by atoms with van der Waals surface area (Å²) in [5, 5.41) is 4.34. The zero-order chi connectivity index (χ0) is 34.1. The minimum atomic E-state index is 0.0883. The number of fused-ring (bicyclic) bond motifs is 7. The fourth-order valence-electron chi connectivity index (χ4n) is 13.9. The Morgan fingerprint density at radius 1 is 0.917 bits per heavy atom. The largest absolute Gasteiger partial charge is 0.429 e. The van der Waals surface area contributed by atoms with Gasteiger partial charge in [-0.3, -0.25) is 9.69 Å². The molecule has 0 spiro atoms. The lowest BCUT2D eigenvalue weighted by molar-refractivity contribution is -0.219. The van der Waals surface area contributed by atoms with Gasteiger partial charge in [-0.15, -0.1) is 0 Å². The SMILES string of the molecule is C=C(C)[C@@H]1CC[C@]2(NCCN3CCN(C)CC3)CC[C@]3(C)[C@H](CC[C@@H]4[C@@]5(C)CC=C(c6ccc(OC=O)cc6)C(C)(C)[C@@H]5CC[C@]43C)[C@@H]12. The molecule has 0 radical (unpaired) electrons. The maximum absolute atomic E-state index is 10.9. The van der Waals surface area contributed by atoms with E-state index in [0.29, 0.717) is 46.2 Å². The zero-order valence-corrected chi connectivity index (χ0v) is 31.4. The van der Waals surface area contributed by atoms with E-state index in [2.05, 4.69) is 88.5 Å². The first-order chi connectivity index (χ1) is 22.8. The maximum atomic E-state index is 10.9. The standard InChI is InChI=1S/C43H65N3O2/c1-30(2)33-15-20-43(44-23-24-46-27-25-45(8)26-28-46)22-21-41(6)35(38(33)43)13-14-37-40(5)18-16-34(31-9-11-32(12-10-31)48-29-47)39(3,4)36(40)17-19-42(37,41)7/h9-12,16,29,33,35-38,44H,1,13-15,17-28H2,2-8H3/t33-,35+,36-,37+,38+,40-,41+,42+,43-/m0/s1. The zero-order valence-electron chi connectivity index (χ0n) is 31.4. The average molecular weight is 656 g/mol. The third-order valence-corrected chi connectivity index (χ3v) is 16.5. The molecule has 48 heavy (non-hydrogen) atoms. The van der Waals surface area contributed by atoms with E-state index in [0.717, 1.165) is 18.4 Å². The summed E-state index contributed by atoms with van der Waals surface area (Å²) < 4.78 is 5.11. The van der Waals surface area contributed by atoms with Gasteiger partial charge in [0.15, 0.2) is 0 Å². The normalized spacial score (nSPS) is 42.5. The second kappa shape index (κ2) is 12.4. The highest BCUT2D eigenvalue weighted by Gasteiger charge is 2.70. The highest BCUT2D eigenvalue weighted by Crippen LogP contribution is 2.76. The van der Waals surface area contributed by atoms with Gasteiger partial charge in [-0.1, -0.05) is 65.0 Å². The fraction of sp³-hybridized carbons (Fsp3) is 0.744. The van der Waals surface area contributed by atoms with E-state index in [1.165, 1.54) is 107 Å². The second-order valence-corrected chi connectivity index (χ2v) is 18.7. The number of carbonyl (C=O) groups is 1. The molecule has 5 nitrogen and oxygen atoms in total. The highest BCUT2D eigenvalue weighted by atomic mass is 16.5. The van der Waals surface area contributed by atoms with Crippen molar-refractivity contribution in [1.29, 1.82) is 0 Å². The molecule has 9 atom stereocenters. The van der Waals surface area contributed by atoms with Crippen LogP contribution in [0.4, 0.5) is 0 Å². The van der Waals surface area contributed by atoms with E-state index in [1.54, 1.807) is 0 Å². The number of ether oxygens (including phenoxy) is 1. The molecule has 264 valence electrons. The van der Waals surface area contributed by atoms with Crippen molar-refractivity contribution in [1.82, 2.24) is 15.1 Å². The number of rotatable bonds is 8. The summed E-state index contributed by atoms with van der Waals surface area (Å²) in [6.07, 6.45) is 14.5. The van der Waals surface area contributed by atoms with Crippen molar-refractivity contribution >= 4 is 12.0 Å². The molecule has 1 heterocycles. The maximum Gasteiger partial charge on any atom is 0.298 e. The first-order valence-corrected chi connectivity index (χ1v) is 19.5. The summed E-state index contributed by atoms with van der Waals surface area (Å²) >= 11 is 0. The molecule has 0 unspecified atom stereocenters. The lowest BCUT2D eigenvalue weighted by atomic mass is 9.33. The van der Waals surface area contributed by atoms with Crippen LogP contribution in [0.3, 0.4) is 0 Å². The number of piperazine rings is 1. The molecule has 1 aromatic rings. The summed E-state index contributed by atoms with van der Waals surface area (Å²) in [7, 11) is 2.26. The number of carbonyl (C=O) groups excluding carboxylic acids is 1. The van der Waals surface area contributed by atoms with Gasteiger partial charge in [-0.2, -0.15) is 0 Å². The minimum absolute atomic E-state index is 0.0883. The van der Waals surface area contributed by atoms with Gasteiger partial charge in [0.2, 0.25) is 0 Å². The van der Waals surface area contributed by atoms with E-state index >= 15 is 0 Å². The van der Waals surface area contributed by atoms with Crippen molar-refractivity contribution in [3.63, 3.8) is 0 Å². The predicted molar refractivity (Wildman–Crippen MR) is 198 cm³/mol. The van der Waals surface area contributed by atoms with Crippen molar-refractivity contribution in [2.45, 2.75) is 105 Å². The first-order valence-electron chi connectivity index (χ1n) is 19.5. The molecule has 0 amide bonds. The van der Waals surface area contributed by atoms with Crippen molar-refractivity contribution in [3.05, 3.63) is 48.1 Å².